The smallest absolute Gasteiger partial charge is 0.246 e. The van der Waals surface area contributed by atoms with Crippen LogP contribution in [0.4, 0.5) is 0 Å². The van der Waals surface area contributed by atoms with Crippen molar-refractivity contribution in [1.82, 2.24) is 9.80 Å². The van der Waals surface area contributed by atoms with E-state index in [1.807, 2.05) is 36.4 Å². The Hall–Kier alpha value is -2.99. The Balaban J connectivity index is 1.29. The number of nitrogens with zero attached hydrogens (tertiary/aromatic N) is 2. The van der Waals surface area contributed by atoms with E-state index in [9.17, 15) is 9.90 Å². The summed E-state index contributed by atoms with van der Waals surface area (Å²) in [6.45, 7) is 7.27. The minimum Gasteiger partial charge on any atom is -0.508 e. The van der Waals surface area contributed by atoms with E-state index in [0.29, 0.717) is 35.9 Å². The number of phenolic OH excluding ortho intramolecular Hbond substituents is 1. The number of aromatic hydroxyl groups is 1. The molecule has 2 aromatic carbocycles. The molecule has 0 aromatic heterocycles. The lowest BCUT2D eigenvalue weighted by molar-refractivity contribution is -0.138. The highest BCUT2D eigenvalue weighted by Crippen LogP contribution is 2.65. The second kappa shape index (κ2) is 9.83. The molecule has 6 heteroatoms. The third-order valence-corrected chi connectivity index (χ3v) is 10.4. The Kier molecular flexibility index (Phi) is 6.38. The van der Waals surface area contributed by atoms with E-state index < -0.39 is 0 Å². The van der Waals surface area contributed by atoms with Crippen LogP contribution < -0.4 is 9.47 Å². The number of benzene rings is 2. The molecule has 1 amide bonds. The van der Waals surface area contributed by atoms with Gasteiger partial charge in [-0.25, -0.2) is 0 Å². The Morgan fingerprint density at radius 2 is 2.02 bits per heavy atom. The number of amides is 1. The maximum Gasteiger partial charge on any atom is 0.246 e. The standard InChI is InChI=1S/C34H42N2O4/c1-21(2)19-36(30(38)14-11-22-7-5-4-6-8-22)26-13-12-25-27-17-24-28(37)18-29(39-3)32-31(24)34(25,33(26)40-32)15-16-35(27)20-23-9-10-23/h4-8,11,14,18,21,23,25-27,33,37H,9-10,12-13,15-17,19-20H2,1-3H3/t25-,26-,27+,33-,34-/m0/s1. The van der Waals surface area contributed by atoms with Gasteiger partial charge in [0, 0.05) is 47.8 Å². The molecule has 7 rings (SSSR count). The third kappa shape index (κ3) is 4.05. The monoisotopic (exact) mass is 542 g/mol. The van der Waals surface area contributed by atoms with Crippen LogP contribution in [0.2, 0.25) is 0 Å². The number of carbonyl (C=O) groups is 1. The van der Waals surface area contributed by atoms with Crippen LogP contribution in [0.15, 0.2) is 42.5 Å². The molecule has 212 valence electrons. The van der Waals surface area contributed by atoms with Crippen molar-refractivity contribution in [1.29, 1.82) is 0 Å². The number of ether oxygens (including phenoxy) is 2. The molecule has 3 aliphatic carbocycles. The van der Waals surface area contributed by atoms with Crippen molar-refractivity contribution in [2.45, 2.75) is 76.0 Å². The molecule has 1 N–H and O–H groups in total. The molecule has 2 saturated carbocycles. The highest BCUT2D eigenvalue weighted by molar-refractivity contribution is 5.92. The Bertz CT molecular complexity index is 1320. The minimum absolute atomic E-state index is 0.0348. The summed E-state index contributed by atoms with van der Waals surface area (Å²) in [6.07, 6.45) is 10.1. The summed E-state index contributed by atoms with van der Waals surface area (Å²) in [5, 5.41) is 11.3. The molecule has 1 spiro atoms. The lowest BCUT2D eigenvalue weighted by Crippen LogP contribution is -2.69. The van der Waals surface area contributed by atoms with Gasteiger partial charge in [-0.15, -0.1) is 0 Å². The second-order valence-corrected chi connectivity index (χ2v) is 13.2. The van der Waals surface area contributed by atoms with Crippen molar-refractivity contribution < 1.29 is 19.4 Å². The molecular weight excluding hydrogens is 500 g/mol. The lowest BCUT2D eigenvalue weighted by atomic mass is 9.50. The predicted molar refractivity (Wildman–Crippen MR) is 156 cm³/mol. The van der Waals surface area contributed by atoms with Crippen LogP contribution >= 0.6 is 0 Å². The zero-order valence-electron chi connectivity index (χ0n) is 24.0. The van der Waals surface area contributed by atoms with Crippen molar-refractivity contribution in [3.8, 4) is 17.2 Å². The van der Waals surface area contributed by atoms with Crippen LogP contribution in [0.25, 0.3) is 6.08 Å². The van der Waals surface area contributed by atoms with Gasteiger partial charge in [-0.05, 0) is 74.5 Å². The largest absolute Gasteiger partial charge is 0.508 e. The number of phenols is 1. The zero-order valence-corrected chi connectivity index (χ0v) is 24.0. The van der Waals surface area contributed by atoms with Crippen LogP contribution in [0.1, 0.15) is 62.6 Å². The van der Waals surface area contributed by atoms with Gasteiger partial charge >= 0.3 is 0 Å². The lowest BCUT2D eigenvalue weighted by Gasteiger charge is -2.60. The predicted octanol–water partition coefficient (Wildman–Crippen LogP) is 5.42. The van der Waals surface area contributed by atoms with Crippen molar-refractivity contribution in [2.75, 3.05) is 26.7 Å². The Labute approximate surface area is 238 Å². The van der Waals surface area contributed by atoms with Crippen molar-refractivity contribution >= 4 is 12.0 Å². The van der Waals surface area contributed by atoms with E-state index >= 15 is 0 Å². The van der Waals surface area contributed by atoms with Crippen LogP contribution in [-0.4, -0.2) is 65.7 Å². The summed E-state index contributed by atoms with van der Waals surface area (Å²) >= 11 is 0. The maximum atomic E-state index is 13.9. The van der Waals surface area contributed by atoms with Crippen LogP contribution in [-0.2, 0) is 16.6 Å². The summed E-state index contributed by atoms with van der Waals surface area (Å²) in [4.78, 5) is 18.7. The molecule has 2 aliphatic heterocycles. The van der Waals surface area contributed by atoms with E-state index in [4.69, 9.17) is 9.47 Å². The number of likely N-dealkylation sites (tertiary alicyclic amines) is 1. The van der Waals surface area contributed by atoms with E-state index in [1.165, 1.54) is 24.9 Å². The molecule has 3 fully saturated rings. The average Bonchev–Trinajstić information content (AvgIpc) is 3.71. The quantitative estimate of drug-likeness (QED) is 0.452. The summed E-state index contributed by atoms with van der Waals surface area (Å²) in [5.74, 6) is 3.42. The van der Waals surface area contributed by atoms with Gasteiger partial charge < -0.3 is 19.5 Å². The minimum atomic E-state index is -0.207. The molecule has 0 radical (unpaired) electrons. The van der Waals surface area contributed by atoms with Crippen LogP contribution in [0, 0.1) is 17.8 Å². The molecule has 6 nitrogen and oxygen atoms in total. The van der Waals surface area contributed by atoms with E-state index in [0.717, 1.165) is 55.0 Å². The molecule has 2 heterocycles. The third-order valence-electron chi connectivity index (χ3n) is 10.4. The Morgan fingerprint density at radius 1 is 1.23 bits per heavy atom. The van der Waals surface area contributed by atoms with E-state index in [2.05, 4.69) is 23.6 Å². The summed E-state index contributed by atoms with van der Waals surface area (Å²) in [7, 11) is 1.66. The van der Waals surface area contributed by atoms with Gasteiger partial charge in [0.1, 0.15) is 11.9 Å². The molecule has 5 aliphatic rings. The topological polar surface area (TPSA) is 62.2 Å². The normalized spacial score (nSPS) is 30.3. The van der Waals surface area contributed by atoms with Gasteiger partial charge in [0.05, 0.1) is 13.2 Å². The van der Waals surface area contributed by atoms with Crippen LogP contribution in [0.3, 0.4) is 0 Å². The first-order chi connectivity index (χ1) is 19.4. The molecule has 40 heavy (non-hydrogen) atoms. The molecule has 0 unspecified atom stereocenters. The maximum absolute atomic E-state index is 13.9. The summed E-state index contributed by atoms with van der Waals surface area (Å²) in [6, 6.07) is 12.2. The Morgan fingerprint density at radius 3 is 2.75 bits per heavy atom. The van der Waals surface area contributed by atoms with E-state index in [-0.39, 0.29) is 23.5 Å². The van der Waals surface area contributed by atoms with Crippen LogP contribution in [0.5, 0.6) is 17.2 Å². The zero-order chi connectivity index (χ0) is 27.6. The molecule has 2 bridgehead atoms. The average molecular weight is 543 g/mol. The van der Waals surface area contributed by atoms with Crippen molar-refractivity contribution in [3.63, 3.8) is 0 Å². The number of hydrogen-bond donors (Lipinski definition) is 1. The summed E-state index contributed by atoms with van der Waals surface area (Å²) in [5.41, 5.74) is 3.05. The fraction of sp³-hybridized carbons (Fsp3) is 0.559. The SMILES string of the molecule is COc1cc(O)c2c3c1O[C@H]1[C@@H](N(CC(C)C)C(=O)C=Cc4ccccc4)CC[C@H]4[C@@H](C2)N(CC2CC2)CC[C@@]341. The molecule has 1 saturated heterocycles. The van der Waals surface area contributed by atoms with Gasteiger partial charge in [-0.3, -0.25) is 9.69 Å². The second-order valence-electron chi connectivity index (χ2n) is 13.2. The number of piperidine rings is 1. The first-order valence-electron chi connectivity index (χ1n) is 15.3. The van der Waals surface area contributed by atoms with Gasteiger partial charge in [0.2, 0.25) is 5.91 Å². The van der Waals surface area contributed by atoms with Gasteiger partial charge in [0.15, 0.2) is 11.5 Å². The van der Waals surface area contributed by atoms with Crippen molar-refractivity contribution in [2.24, 2.45) is 17.8 Å². The van der Waals surface area contributed by atoms with Gasteiger partial charge in [0.25, 0.3) is 0 Å². The van der Waals surface area contributed by atoms with E-state index in [1.54, 1.807) is 19.3 Å². The van der Waals surface area contributed by atoms with Gasteiger partial charge in [-0.1, -0.05) is 44.2 Å². The first-order valence-corrected chi connectivity index (χ1v) is 15.3. The first kappa shape index (κ1) is 25.9. The highest BCUT2D eigenvalue weighted by Gasteiger charge is 2.67. The number of hydrogen-bond acceptors (Lipinski definition) is 5. The number of methoxy groups -OCH3 is 1. The highest BCUT2D eigenvalue weighted by atomic mass is 16.5. The van der Waals surface area contributed by atoms with Crippen molar-refractivity contribution in [3.05, 3.63) is 59.2 Å². The number of carbonyl (C=O) groups excluding carboxylic acids is 1. The molecule has 2 aromatic rings. The van der Waals surface area contributed by atoms with Gasteiger partial charge in [-0.2, -0.15) is 0 Å². The molecular formula is C34H42N2O4. The fourth-order valence-corrected chi connectivity index (χ4v) is 8.59. The molecule has 5 atom stereocenters. The fourth-order valence-electron chi connectivity index (χ4n) is 8.59. The number of rotatable bonds is 8. The summed E-state index contributed by atoms with van der Waals surface area (Å²) < 4.78 is 12.8.